The summed E-state index contributed by atoms with van der Waals surface area (Å²) in [6.45, 7) is 10.4. The van der Waals surface area contributed by atoms with Gasteiger partial charge in [0.25, 0.3) is 0 Å². The van der Waals surface area contributed by atoms with E-state index in [1.807, 2.05) is 50.4 Å². The first-order valence-electron chi connectivity index (χ1n) is 6.86. The summed E-state index contributed by atoms with van der Waals surface area (Å²) in [7, 11) is 1.94. The van der Waals surface area contributed by atoms with Crippen molar-refractivity contribution in [2.24, 2.45) is 7.05 Å². The first-order chi connectivity index (χ1) is 9.13. The fraction of sp³-hybridized carbons (Fsp3) is 0.533. The van der Waals surface area contributed by atoms with Crippen LogP contribution in [0, 0.1) is 0 Å². The van der Waals surface area contributed by atoms with E-state index in [4.69, 9.17) is 0 Å². The summed E-state index contributed by atoms with van der Waals surface area (Å²) < 4.78 is 1.83. The van der Waals surface area contributed by atoms with Gasteiger partial charge < -0.3 is 0 Å². The van der Waals surface area contributed by atoms with Crippen LogP contribution in [-0.4, -0.2) is 19.7 Å². The molecule has 0 saturated carbocycles. The molecule has 0 aliphatic rings. The molecule has 0 unspecified atom stereocenters. The molecule has 0 aromatic carbocycles. The monoisotopic (exact) mass is 262 g/mol. The molecule has 2 rings (SSSR count). The highest BCUT2D eigenvalue weighted by Gasteiger charge is 1.98. The zero-order chi connectivity index (χ0) is 14.7. The molecule has 0 bridgehead atoms. The number of hydrogen-bond donors (Lipinski definition) is 0. The Hall–Kier alpha value is -1.71. The maximum atomic E-state index is 4.05. The molecule has 0 aliphatic carbocycles. The summed E-state index contributed by atoms with van der Waals surface area (Å²) in [5.74, 6) is 0.596. The SMILES string of the molecule is CC.CC(C)c1cnn(C)c1.CCc1cncnc1. The molecular weight excluding hydrogens is 236 g/mol. The minimum absolute atomic E-state index is 0.596. The molecule has 4 heteroatoms. The molecular formula is C15H26N4. The minimum atomic E-state index is 0.596. The standard InChI is InChI=1S/C7H12N2.C6H8N2.C2H6/c1-6(2)7-4-8-9(3)5-7;1-2-6-3-7-5-8-4-6;1-2/h4-6H,1-3H3;3-5H,2H2,1H3;1-2H3. The lowest BCUT2D eigenvalue weighted by Crippen LogP contribution is -1.85. The summed E-state index contributed by atoms with van der Waals surface area (Å²) >= 11 is 0. The Bertz CT molecular complexity index is 421. The van der Waals surface area contributed by atoms with Gasteiger partial charge in [0, 0.05) is 25.6 Å². The Morgan fingerprint density at radius 3 is 1.95 bits per heavy atom. The van der Waals surface area contributed by atoms with Gasteiger partial charge in [-0.2, -0.15) is 5.10 Å². The predicted molar refractivity (Wildman–Crippen MR) is 80.1 cm³/mol. The van der Waals surface area contributed by atoms with Crippen molar-refractivity contribution < 1.29 is 0 Å². The lowest BCUT2D eigenvalue weighted by molar-refractivity contribution is 0.764. The van der Waals surface area contributed by atoms with Crippen molar-refractivity contribution in [2.45, 2.75) is 47.0 Å². The summed E-state index contributed by atoms with van der Waals surface area (Å²) in [6.07, 6.45) is 10.2. The molecule has 0 saturated heterocycles. The van der Waals surface area contributed by atoms with E-state index in [1.165, 1.54) is 11.1 Å². The first-order valence-corrected chi connectivity index (χ1v) is 6.86. The molecule has 0 aliphatic heterocycles. The van der Waals surface area contributed by atoms with Crippen LogP contribution >= 0.6 is 0 Å². The number of nitrogens with zero attached hydrogens (tertiary/aromatic N) is 4. The average Bonchev–Trinajstić information content (AvgIpc) is 2.90. The minimum Gasteiger partial charge on any atom is -0.276 e. The fourth-order valence-electron chi connectivity index (χ4n) is 1.25. The van der Waals surface area contributed by atoms with Crippen LogP contribution in [0.3, 0.4) is 0 Å². The van der Waals surface area contributed by atoms with E-state index in [2.05, 4.69) is 35.8 Å². The maximum absolute atomic E-state index is 4.05. The van der Waals surface area contributed by atoms with E-state index >= 15 is 0 Å². The highest BCUT2D eigenvalue weighted by Crippen LogP contribution is 2.10. The van der Waals surface area contributed by atoms with E-state index in [1.54, 1.807) is 6.33 Å². The summed E-state index contributed by atoms with van der Waals surface area (Å²) in [4.78, 5) is 7.69. The molecule has 0 radical (unpaired) electrons. The van der Waals surface area contributed by atoms with Crippen molar-refractivity contribution in [3.63, 3.8) is 0 Å². The zero-order valence-corrected chi connectivity index (χ0v) is 13.0. The zero-order valence-electron chi connectivity index (χ0n) is 13.0. The number of aromatic nitrogens is 4. The van der Waals surface area contributed by atoms with Crippen LogP contribution in [0.2, 0.25) is 0 Å². The smallest absolute Gasteiger partial charge is 0.115 e. The molecule has 0 amide bonds. The van der Waals surface area contributed by atoms with Crippen molar-refractivity contribution in [1.29, 1.82) is 0 Å². The number of aryl methyl sites for hydroxylation is 2. The van der Waals surface area contributed by atoms with Crippen LogP contribution < -0.4 is 0 Å². The van der Waals surface area contributed by atoms with Crippen molar-refractivity contribution >= 4 is 0 Å². The van der Waals surface area contributed by atoms with Gasteiger partial charge in [-0.1, -0.05) is 34.6 Å². The molecule has 0 N–H and O–H groups in total. The molecule has 2 aromatic rings. The fourth-order valence-corrected chi connectivity index (χ4v) is 1.25. The third-order valence-electron chi connectivity index (χ3n) is 2.41. The largest absolute Gasteiger partial charge is 0.276 e. The molecule has 4 nitrogen and oxygen atoms in total. The molecule has 2 heterocycles. The van der Waals surface area contributed by atoms with E-state index in [0.29, 0.717) is 5.92 Å². The lowest BCUT2D eigenvalue weighted by atomic mass is 10.1. The topological polar surface area (TPSA) is 43.6 Å². The van der Waals surface area contributed by atoms with Gasteiger partial charge >= 0.3 is 0 Å². The van der Waals surface area contributed by atoms with E-state index in [0.717, 1.165) is 6.42 Å². The first kappa shape index (κ1) is 17.3. The van der Waals surface area contributed by atoms with E-state index in [9.17, 15) is 0 Å². The van der Waals surface area contributed by atoms with Crippen molar-refractivity contribution in [3.8, 4) is 0 Å². The van der Waals surface area contributed by atoms with Gasteiger partial charge in [-0.05, 0) is 23.5 Å². The Morgan fingerprint density at radius 2 is 1.68 bits per heavy atom. The summed E-state index contributed by atoms with van der Waals surface area (Å²) in [5, 5.41) is 4.05. The highest BCUT2D eigenvalue weighted by atomic mass is 15.2. The van der Waals surface area contributed by atoms with Crippen LogP contribution in [0.4, 0.5) is 0 Å². The van der Waals surface area contributed by atoms with Crippen LogP contribution in [-0.2, 0) is 13.5 Å². The maximum Gasteiger partial charge on any atom is 0.115 e. The van der Waals surface area contributed by atoms with E-state index < -0.39 is 0 Å². The summed E-state index contributed by atoms with van der Waals surface area (Å²) in [5.41, 5.74) is 2.49. The van der Waals surface area contributed by atoms with Crippen molar-refractivity contribution in [3.05, 3.63) is 42.2 Å². The second-order valence-corrected chi connectivity index (χ2v) is 4.20. The van der Waals surface area contributed by atoms with Crippen molar-refractivity contribution in [1.82, 2.24) is 19.7 Å². The highest BCUT2D eigenvalue weighted by molar-refractivity contribution is 5.08. The van der Waals surface area contributed by atoms with Crippen LogP contribution in [0.15, 0.2) is 31.1 Å². The quantitative estimate of drug-likeness (QED) is 0.830. The Balaban J connectivity index is 0.000000303. The van der Waals surface area contributed by atoms with Gasteiger partial charge in [0.2, 0.25) is 0 Å². The Morgan fingerprint density at radius 1 is 1.11 bits per heavy atom. The second-order valence-electron chi connectivity index (χ2n) is 4.20. The third-order valence-corrected chi connectivity index (χ3v) is 2.41. The lowest BCUT2D eigenvalue weighted by Gasteiger charge is -1.95. The molecule has 106 valence electrons. The Kier molecular flexibility index (Phi) is 9.31. The normalized spacial score (nSPS) is 9.21. The molecule has 0 spiro atoms. The van der Waals surface area contributed by atoms with Crippen LogP contribution in [0.5, 0.6) is 0 Å². The average molecular weight is 262 g/mol. The van der Waals surface area contributed by atoms with Crippen molar-refractivity contribution in [2.75, 3.05) is 0 Å². The van der Waals surface area contributed by atoms with Crippen LogP contribution in [0.25, 0.3) is 0 Å². The summed E-state index contributed by atoms with van der Waals surface area (Å²) in [6, 6.07) is 0. The predicted octanol–water partition coefficient (Wildman–Crippen LogP) is 3.61. The molecule has 19 heavy (non-hydrogen) atoms. The van der Waals surface area contributed by atoms with Gasteiger partial charge in [-0.25, -0.2) is 9.97 Å². The van der Waals surface area contributed by atoms with E-state index in [-0.39, 0.29) is 0 Å². The molecule has 2 aromatic heterocycles. The third kappa shape index (κ3) is 7.34. The second kappa shape index (κ2) is 10.2. The number of hydrogen-bond acceptors (Lipinski definition) is 3. The van der Waals surface area contributed by atoms with Gasteiger partial charge in [0.05, 0.1) is 6.20 Å². The van der Waals surface area contributed by atoms with Gasteiger partial charge in [0.15, 0.2) is 0 Å². The van der Waals surface area contributed by atoms with Crippen LogP contribution in [0.1, 0.15) is 51.7 Å². The van der Waals surface area contributed by atoms with Gasteiger partial charge in [-0.15, -0.1) is 0 Å². The van der Waals surface area contributed by atoms with Gasteiger partial charge in [0.1, 0.15) is 6.33 Å². The van der Waals surface area contributed by atoms with Gasteiger partial charge in [-0.3, -0.25) is 4.68 Å². The Labute approximate surface area is 116 Å². The molecule has 0 atom stereocenters. The molecule has 0 fully saturated rings. The number of rotatable bonds is 2.